The third-order valence-electron chi connectivity index (χ3n) is 2.81. The van der Waals surface area contributed by atoms with Crippen LogP contribution in [-0.4, -0.2) is 0 Å². The first-order chi connectivity index (χ1) is 7.39. The number of nitrogens with two attached hydrogens (primary N) is 1. The molecule has 0 aromatic heterocycles. The van der Waals surface area contributed by atoms with E-state index in [1.165, 1.54) is 6.07 Å². The van der Waals surface area contributed by atoms with Crippen molar-refractivity contribution in [3.63, 3.8) is 0 Å². The zero-order chi connectivity index (χ0) is 11.9. The van der Waals surface area contributed by atoms with Crippen molar-refractivity contribution in [2.75, 3.05) is 0 Å². The Labute approximate surface area is 109 Å². The van der Waals surface area contributed by atoms with Crippen molar-refractivity contribution in [2.24, 2.45) is 11.7 Å². The van der Waals surface area contributed by atoms with Crippen LogP contribution in [0.2, 0.25) is 5.02 Å². The molecule has 1 aliphatic rings. The molecular formula is C11H12Cl2F3N. The van der Waals surface area contributed by atoms with Gasteiger partial charge in [0.05, 0.1) is 5.56 Å². The van der Waals surface area contributed by atoms with Crippen molar-refractivity contribution in [3.8, 4) is 0 Å². The second-order valence-electron chi connectivity index (χ2n) is 4.10. The molecule has 2 N–H and O–H groups in total. The third kappa shape index (κ3) is 3.27. The standard InChI is InChI=1S/C11H11ClF3N.ClH/c12-9-4-3-7(11(13,14)15)5-8(9)10(16)6-1-2-6;/h3-6,10H,1-2,16H2;1H/t10-;/m1./s1. The monoisotopic (exact) mass is 285 g/mol. The molecule has 1 saturated carbocycles. The highest BCUT2D eigenvalue weighted by atomic mass is 35.5. The van der Waals surface area contributed by atoms with E-state index in [4.69, 9.17) is 17.3 Å². The van der Waals surface area contributed by atoms with E-state index in [1.807, 2.05) is 0 Å². The summed E-state index contributed by atoms with van der Waals surface area (Å²) in [6, 6.07) is 2.92. The molecule has 0 aliphatic heterocycles. The molecule has 0 heterocycles. The fourth-order valence-electron chi connectivity index (χ4n) is 1.68. The molecule has 1 fully saturated rings. The van der Waals surface area contributed by atoms with Crippen molar-refractivity contribution in [1.82, 2.24) is 0 Å². The summed E-state index contributed by atoms with van der Waals surface area (Å²) in [6.07, 6.45) is -2.41. The van der Waals surface area contributed by atoms with Gasteiger partial charge in [-0.25, -0.2) is 0 Å². The Morgan fingerprint density at radius 3 is 2.35 bits per heavy atom. The van der Waals surface area contributed by atoms with Crippen molar-refractivity contribution in [1.29, 1.82) is 0 Å². The summed E-state index contributed by atoms with van der Waals surface area (Å²) in [5, 5.41) is 0.312. The molecule has 0 radical (unpaired) electrons. The maximum Gasteiger partial charge on any atom is 0.416 e. The SMILES string of the molecule is Cl.N[C@@H](c1cc(C(F)(F)F)ccc1Cl)C1CC1. The molecule has 2 rings (SSSR count). The average molecular weight is 286 g/mol. The molecular weight excluding hydrogens is 274 g/mol. The van der Waals surface area contributed by atoms with E-state index >= 15 is 0 Å². The molecule has 1 aliphatic carbocycles. The van der Waals surface area contributed by atoms with Crippen LogP contribution in [0, 0.1) is 5.92 Å². The van der Waals surface area contributed by atoms with E-state index < -0.39 is 11.7 Å². The Morgan fingerprint density at radius 1 is 1.29 bits per heavy atom. The van der Waals surface area contributed by atoms with Crippen LogP contribution in [0.25, 0.3) is 0 Å². The molecule has 1 aromatic rings. The Kier molecular flexibility index (Phi) is 4.33. The van der Waals surface area contributed by atoms with Crippen LogP contribution in [0.15, 0.2) is 18.2 Å². The van der Waals surface area contributed by atoms with Gasteiger partial charge in [-0.3, -0.25) is 0 Å². The van der Waals surface area contributed by atoms with Crippen LogP contribution >= 0.6 is 24.0 Å². The highest BCUT2D eigenvalue weighted by molar-refractivity contribution is 6.31. The van der Waals surface area contributed by atoms with Crippen molar-refractivity contribution in [2.45, 2.75) is 25.1 Å². The lowest BCUT2D eigenvalue weighted by atomic mass is 10.0. The molecule has 1 nitrogen and oxygen atoms in total. The minimum atomic E-state index is -4.34. The van der Waals surface area contributed by atoms with Crippen LogP contribution in [0.5, 0.6) is 0 Å². The number of benzene rings is 1. The molecule has 0 spiro atoms. The summed E-state index contributed by atoms with van der Waals surface area (Å²) in [5.41, 5.74) is 5.57. The Hall–Kier alpha value is -0.450. The average Bonchev–Trinajstić information content (AvgIpc) is 2.98. The Bertz CT molecular complexity index is 402. The van der Waals surface area contributed by atoms with Gasteiger partial charge in [-0.05, 0) is 42.5 Å². The summed E-state index contributed by atoms with van der Waals surface area (Å²) in [6.45, 7) is 0. The normalized spacial score (nSPS) is 17.5. The largest absolute Gasteiger partial charge is 0.416 e. The lowest BCUT2D eigenvalue weighted by Gasteiger charge is -2.15. The highest BCUT2D eigenvalue weighted by Crippen LogP contribution is 2.42. The highest BCUT2D eigenvalue weighted by Gasteiger charge is 2.34. The van der Waals surface area contributed by atoms with Crippen LogP contribution in [0.1, 0.15) is 30.0 Å². The molecule has 0 amide bonds. The predicted octanol–water partition coefficient (Wildman–Crippen LogP) is 4.19. The second-order valence-corrected chi connectivity index (χ2v) is 4.50. The number of hydrogen-bond acceptors (Lipinski definition) is 1. The number of rotatable bonds is 2. The van der Waals surface area contributed by atoms with E-state index in [2.05, 4.69) is 0 Å². The van der Waals surface area contributed by atoms with Gasteiger partial charge in [-0.15, -0.1) is 12.4 Å². The van der Waals surface area contributed by atoms with Gasteiger partial charge >= 0.3 is 6.18 Å². The van der Waals surface area contributed by atoms with E-state index in [0.717, 1.165) is 25.0 Å². The zero-order valence-electron chi connectivity index (χ0n) is 8.80. The van der Waals surface area contributed by atoms with Crippen LogP contribution in [-0.2, 0) is 6.18 Å². The number of hydrogen-bond donors (Lipinski definition) is 1. The first kappa shape index (κ1) is 14.6. The van der Waals surface area contributed by atoms with Crippen molar-refractivity contribution >= 4 is 24.0 Å². The van der Waals surface area contributed by atoms with Gasteiger partial charge in [-0.2, -0.15) is 13.2 Å². The fourth-order valence-corrected chi connectivity index (χ4v) is 1.93. The fraction of sp³-hybridized carbons (Fsp3) is 0.455. The van der Waals surface area contributed by atoms with Crippen LogP contribution < -0.4 is 5.73 Å². The Balaban J connectivity index is 0.00000144. The molecule has 6 heteroatoms. The summed E-state index contributed by atoms with van der Waals surface area (Å²) in [4.78, 5) is 0. The molecule has 1 atom stereocenters. The molecule has 0 unspecified atom stereocenters. The zero-order valence-corrected chi connectivity index (χ0v) is 10.4. The van der Waals surface area contributed by atoms with Gasteiger partial charge in [-0.1, -0.05) is 11.6 Å². The lowest BCUT2D eigenvalue weighted by Crippen LogP contribution is -2.15. The van der Waals surface area contributed by atoms with Gasteiger partial charge in [0.15, 0.2) is 0 Å². The van der Waals surface area contributed by atoms with Crippen molar-refractivity contribution in [3.05, 3.63) is 34.3 Å². The minimum Gasteiger partial charge on any atom is -0.324 e. The molecule has 0 bridgehead atoms. The maximum atomic E-state index is 12.5. The molecule has 96 valence electrons. The summed E-state index contributed by atoms with van der Waals surface area (Å²) in [7, 11) is 0. The lowest BCUT2D eigenvalue weighted by molar-refractivity contribution is -0.137. The Morgan fingerprint density at radius 2 is 1.88 bits per heavy atom. The van der Waals surface area contributed by atoms with E-state index in [0.29, 0.717) is 10.6 Å². The van der Waals surface area contributed by atoms with Gasteiger partial charge < -0.3 is 5.73 Å². The third-order valence-corrected chi connectivity index (χ3v) is 3.16. The van der Waals surface area contributed by atoms with E-state index in [1.54, 1.807) is 0 Å². The van der Waals surface area contributed by atoms with Gasteiger partial charge in [0.1, 0.15) is 0 Å². The van der Waals surface area contributed by atoms with Gasteiger partial charge in [0.25, 0.3) is 0 Å². The topological polar surface area (TPSA) is 26.0 Å². The summed E-state index contributed by atoms with van der Waals surface area (Å²) in [5.74, 6) is 0.279. The van der Waals surface area contributed by atoms with Crippen LogP contribution in [0.3, 0.4) is 0 Å². The smallest absolute Gasteiger partial charge is 0.324 e. The first-order valence-electron chi connectivity index (χ1n) is 5.02. The number of alkyl halides is 3. The number of halogens is 5. The van der Waals surface area contributed by atoms with Gasteiger partial charge in [0.2, 0.25) is 0 Å². The van der Waals surface area contributed by atoms with Crippen molar-refractivity contribution < 1.29 is 13.2 Å². The molecule has 17 heavy (non-hydrogen) atoms. The summed E-state index contributed by atoms with van der Waals surface area (Å²) < 4.78 is 37.5. The predicted molar refractivity (Wildman–Crippen MR) is 63.4 cm³/mol. The molecule has 1 aromatic carbocycles. The maximum absolute atomic E-state index is 12.5. The van der Waals surface area contributed by atoms with E-state index in [-0.39, 0.29) is 24.4 Å². The first-order valence-corrected chi connectivity index (χ1v) is 5.39. The van der Waals surface area contributed by atoms with Crippen LogP contribution in [0.4, 0.5) is 13.2 Å². The quantitative estimate of drug-likeness (QED) is 0.866. The minimum absolute atomic E-state index is 0. The second kappa shape index (κ2) is 5.04. The summed E-state index contributed by atoms with van der Waals surface area (Å²) >= 11 is 5.87. The van der Waals surface area contributed by atoms with E-state index in [9.17, 15) is 13.2 Å². The van der Waals surface area contributed by atoms with Gasteiger partial charge in [0, 0.05) is 11.1 Å². The molecule has 0 saturated heterocycles.